The van der Waals surface area contributed by atoms with Crippen LogP contribution in [0.15, 0.2) is 24.3 Å². The maximum Gasteiger partial charge on any atom is 0.319 e. The Morgan fingerprint density at radius 1 is 1.26 bits per heavy atom. The van der Waals surface area contributed by atoms with Crippen LogP contribution in [0.3, 0.4) is 0 Å². The summed E-state index contributed by atoms with van der Waals surface area (Å²) in [5.74, 6) is -1.14. The standard InChI is InChI=1S/C19H27N3O5/c1-3-22(12-17(23)24)16-10-15(11-16)21-19(26)20-14-7-5-6-13(8-14)9-18(25)27-4-2/h5-8,15-16H,3-4,9-12H2,1-2H3,(H,23,24)(H2,20,21,26). The monoisotopic (exact) mass is 377 g/mol. The molecule has 0 spiro atoms. The maximum atomic E-state index is 12.2. The third kappa shape index (κ3) is 6.56. The fourth-order valence-corrected chi connectivity index (χ4v) is 3.17. The fraction of sp³-hybridized carbons (Fsp3) is 0.526. The lowest BCUT2D eigenvalue weighted by molar-refractivity contribution is -0.142. The van der Waals surface area contributed by atoms with Crippen molar-refractivity contribution >= 4 is 23.7 Å². The minimum absolute atomic E-state index is 0.0212. The zero-order valence-corrected chi connectivity index (χ0v) is 15.7. The van der Waals surface area contributed by atoms with E-state index in [1.54, 1.807) is 31.2 Å². The summed E-state index contributed by atoms with van der Waals surface area (Å²) in [5.41, 5.74) is 1.37. The second-order valence-corrected chi connectivity index (χ2v) is 6.56. The number of hydrogen-bond acceptors (Lipinski definition) is 5. The molecule has 2 amide bonds. The fourth-order valence-electron chi connectivity index (χ4n) is 3.17. The van der Waals surface area contributed by atoms with E-state index in [0.717, 1.165) is 18.4 Å². The smallest absolute Gasteiger partial charge is 0.319 e. The van der Waals surface area contributed by atoms with Crippen LogP contribution < -0.4 is 10.6 Å². The number of nitrogens with zero attached hydrogens (tertiary/aromatic N) is 1. The van der Waals surface area contributed by atoms with Crippen molar-refractivity contribution in [3.63, 3.8) is 0 Å². The van der Waals surface area contributed by atoms with Crippen LogP contribution in [0, 0.1) is 0 Å². The van der Waals surface area contributed by atoms with Gasteiger partial charge in [0.25, 0.3) is 0 Å². The second-order valence-electron chi connectivity index (χ2n) is 6.56. The topological polar surface area (TPSA) is 108 Å². The number of urea groups is 1. The number of carboxylic acids is 1. The Bertz CT molecular complexity index is 673. The van der Waals surface area contributed by atoms with Gasteiger partial charge in [-0.3, -0.25) is 14.5 Å². The summed E-state index contributed by atoms with van der Waals surface area (Å²) in [6.45, 7) is 4.71. The largest absolute Gasteiger partial charge is 0.480 e. The van der Waals surface area contributed by atoms with E-state index < -0.39 is 5.97 Å². The molecule has 0 radical (unpaired) electrons. The molecule has 8 nitrogen and oxygen atoms in total. The average molecular weight is 377 g/mol. The molecule has 1 aliphatic carbocycles. The average Bonchev–Trinajstić information content (AvgIpc) is 2.56. The summed E-state index contributed by atoms with van der Waals surface area (Å²) in [6.07, 6.45) is 1.63. The Hall–Kier alpha value is -2.61. The molecule has 148 valence electrons. The van der Waals surface area contributed by atoms with Gasteiger partial charge in [0, 0.05) is 17.8 Å². The van der Waals surface area contributed by atoms with E-state index in [2.05, 4.69) is 10.6 Å². The van der Waals surface area contributed by atoms with Gasteiger partial charge < -0.3 is 20.5 Å². The molecular weight excluding hydrogens is 350 g/mol. The van der Waals surface area contributed by atoms with E-state index in [-0.39, 0.29) is 37.0 Å². The summed E-state index contributed by atoms with van der Waals surface area (Å²) in [4.78, 5) is 36.5. The van der Waals surface area contributed by atoms with Gasteiger partial charge >= 0.3 is 18.0 Å². The van der Waals surface area contributed by atoms with Gasteiger partial charge in [0.15, 0.2) is 0 Å². The van der Waals surface area contributed by atoms with Crippen LogP contribution in [-0.4, -0.2) is 59.8 Å². The van der Waals surface area contributed by atoms with Crippen LogP contribution >= 0.6 is 0 Å². The highest BCUT2D eigenvalue weighted by Crippen LogP contribution is 2.25. The summed E-state index contributed by atoms with van der Waals surface area (Å²) in [6, 6.07) is 6.97. The van der Waals surface area contributed by atoms with Gasteiger partial charge in [0.1, 0.15) is 0 Å². The molecule has 27 heavy (non-hydrogen) atoms. The predicted molar refractivity (Wildman–Crippen MR) is 101 cm³/mol. The number of nitrogens with one attached hydrogen (secondary N) is 2. The molecule has 0 saturated heterocycles. The first-order valence-corrected chi connectivity index (χ1v) is 9.19. The number of carbonyl (C=O) groups excluding carboxylic acids is 2. The number of rotatable bonds is 9. The molecule has 0 aliphatic heterocycles. The Morgan fingerprint density at radius 2 is 2.00 bits per heavy atom. The van der Waals surface area contributed by atoms with Crippen LogP contribution in [0.4, 0.5) is 10.5 Å². The SMILES string of the molecule is CCOC(=O)Cc1cccc(NC(=O)NC2CC(N(CC)CC(=O)O)C2)c1. The van der Waals surface area contributed by atoms with Crippen LogP contribution in [0.5, 0.6) is 0 Å². The zero-order chi connectivity index (χ0) is 19.8. The van der Waals surface area contributed by atoms with Gasteiger partial charge in [0.05, 0.1) is 19.6 Å². The number of aliphatic carboxylic acids is 1. The molecule has 2 rings (SSSR count). The number of benzene rings is 1. The van der Waals surface area contributed by atoms with Gasteiger partial charge in [-0.2, -0.15) is 0 Å². The summed E-state index contributed by atoms with van der Waals surface area (Å²) in [7, 11) is 0. The van der Waals surface area contributed by atoms with Crippen molar-refractivity contribution in [2.24, 2.45) is 0 Å². The molecule has 0 atom stereocenters. The predicted octanol–water partition coefficient (Wildman–Crippen LogP) is 1.85. The van der Waals surface area contributed by atoms with Crippen molar-refractivity contribution < 1.29 is 24.2 Å². The molecule has 3 N–H and O–H groups in total. The molecule has 0 aromatic heterocycles. The molecule has 0 bridgehead atoms. The van der Waals surface area contributed by atoms with E-state index in [0.29, 0.717) is 18.8 Å². The summed E-state index contributed by atoms with van der Waals surface area (Å²) >= 11 is 0. The van der Waals surface area contributed by atoms with Crippen molar-refractivity contribution in [3.05, 3.63) is 29.8 Å². The molecule has 1 aromatic rings. The van der Waals surface area contributed by atoms with Crippen LogP contribution in [0.2, 0.25) is 0 Å². The quantitative estimate of drug-likeness (QED) is 0.567. The first-order valence-electron chi connectivity index (χ1n) is 9.19. The first kappa shape index (κ1) is 20.7. The van der Waals surface area contributed by atoms with Crippen LogP contribution in [0.25, 0.3) is 0 Å². The van der Waals surface area contributed by atoms with E-state index in [9.17, 15) is 14.4 Å². The molecule has 8 heteroatoms. The van der Waals surface area contributed by atoms with E-state index >= 15 is 0 Å². The minimum Gasteiger partial charge on any atom is -0.480 e. The lowest BCUT2D eigenvalue weighted by Gasteiger charge is -2.42. The van der Waals surface area contributed by atoms with Gasteiger partial charge in [0.2, 0.25) is 0 Å². The van der Waals surface area contributed by atoms with E-state index in [1.165, 1.54) is 0 Å². The molecule has 0 unspecified atom stereocenters. The number of carboxylic acid groups (broad SMARTS) is 1. The molecule has 1 aromatic carbocycles. The van der Waals surface area contributed by atoms with Crippen molar-refractivity contribution in [2.45, 2.75) is 45.2 Å². The molecule has 0 heterocycles. The minimum atomic E-state index is -0.839. The van der Waals surface area contributed by atoms with Gasteiger partial charge in [-0.25, -0.2) is 4.79 Å². The Labute approximate surface area is 158 Å². The second kappa shape index (κ2) is 9.91. The lowest BCUT2D eigenvalue weighted by atomic mass is 9.85. The van der Waals surface area contributed by atoms with Gasteiger partial charge in [-0.1, -0.05) is 19.1 Å². The number of anilines is 1. The highest BCUT2D eigenvalue weighted by Gasteiger charge is 2.34. The number of likely N-dealkylation sites (N-methyl/N-ethyl adjacent to an activating group) is 1. The number of esters is 1. The highest BCUT2D eigenvalue weighted by atomic mass is 16.5. The van der Waals surface area contributed by atoms with Gasteiger partial charge in [-0.05, 0) is 44.0 Å². The number of ether oxygens (including phenoxy) is 1. The Kier molecular flexibility index (Phi) is 7.60. The normalized spacial score (nSPS) is 18.5. The maximum absolute atomic E-state index is 12.2. The number of amides is 2. The molecule has 1 aliphatic rings. The van der Waals surface area contributed by atoms with Crippen LogP contribution in [0.1, 0.15) is 32.3 Å². The zero-order valence-electron chi connectivity index (χ0n) is 15.7. The molecular formula is C19H27N3O5. The molecule has 1 saturated carbocycles. The highest BCUT2D eigenvalue weighted by molar-refractivity contribution is 5.89. The van der Waals surface area contributed by atoms with Crippen molar-refractivity contribution in [2.75, 3.05) is 25.0 Å². The third-order valence-corrected chi connectivity index (χ3v) is 4.55. The van der Waals surface area contributed by atoms with Crippen molar-refractivity contribution in [1.29, 1.82) is 0 Å². The van der Waals surface area contributed by atoms with Crippen molar-refractivity contribution in [3.8, 4) is 0 Å². The van der Waals surface area contributed by atoms with E-state index in [1.807, 2.05) is 11.8 Å². The number of carbonyl (C=O) groups is 3. The molecule has 1 fully saturated rings. The lowest BCUT2D eigenvalue weighted by Crippen LogP contribution is -2.55. The van der Waals surface area contributed by atoms with E-state index in [4.69, 9.17) is 9.84 Å². The Balaban J connectivity index is 1.78. The first-order chi connectivity index (χ1) is 12.9. The van der Waals surface area contributed by atoms with Crippen molar-refractivity contribution in [1.82, 2.24) is 10.2 Å². The Morgan fingerprint density at radius 3 is 2.63 bits per heavy atom. The number of hydrogen-bond donors (Lipinski definition) is 3. The third-order valence-electron chi connectivity index (χ3n) is 4.55. The van der Waals surface area contributed by atoms with Gasteiger partial charge in [-0.15, -0.1) is 0 Å². The summed E-state index contributed by atoms with van der Waals surface area (Å²) < 4.78 is 4.92. The summed E-state index contributed by atoms with van der Waals surface area (Å²) in [5, 5.41) is 14.6. The van der Waals surface area contributed by atoms with Crippen LogP contribution in [-0.2, 0) is 20.7 Å².